The van der Waals surface area contributed by atoms with E-state index >= 15 is 0 Å². The van der Waals surface area contributed by atoms with Crippen LogP contribution in [0, 0.1) is 0 Å². The van der Waals surface area contributed by atoms with Gasteiger partial charge in [0.05, 0.1) is 18.4 Å². The molecule has 0 aromatic heterocycles. The van der Waals surface area contributed by atoms with Crippen LogP contribution in [0.25, 0.3) is 0 Å². The van der Waals surface area contributed by atoms with Gasteiger partial charge in [0.1, 0.15) is 5.75 Å². The Morgan fingerprint density at radius 3 is 2.38 bits per heavy atom. The molecule has 0 fully saturated rings. The summed E-state index contributed by atoms with van der Waals surface area (Å²) >= 11 is 3.34. The van der Waals surface area contributed by atoms with Gasteiger partial charge >= 0.3 is 0 Å². The van der Waals surface area contributed by atoms with Crippen molar-refractivity contribution in [3.05, 3.63) is 64.1 Å². The molecule has 0 radical (unpaired) electrons. The number of benzene rings is 2. The summed E-state index contributed by atoms with van der Waals surface area (Å²) in [4.78, 5) is 12.1. The molecule has 0 saturated heterocycles. The average molecular weight is 347 g/mol. The zero-order valence-corrected chi connectivity index (χ0v) is 13.3. The summed E-state index contributed by atoms with van der Waals surface area (Å²) in [6, 6.07) is 14.7. The van der Waals surface area contributed by atoms with Crippen molar-refractivity contribution in [1.82, 2.24) is 5.43 Å². The van der Waals surface area contributed by atoms with Crippen LogP contribution in [-0.2, 0) is 0 Å². The van der Waals surface area contributed by atoms with Crippen molar-refractivity contribution in [3.63, 3.8) is 0 Å². The molecule has 0 atom stereocenters. The number of nitrogens with one attached hydrogen (secondary N) is 1. The number of methoxy groups -OCH3 is 1. The van der Waals surface area contributed by atoms with E-state index in [0.717, 1.165) is 10.0 Å². The molecular formula is C16H15BrN2O2. The molecule has 0 aliphatic rings. The van der Waals surface area contributed by atoms with Crippen molar-refractivity contribution >= 4 is 27.5 Å². The van der Waals surface area contributed by atoms with Crippen molar-refractivity contribution < 1.29 is 9.53 Å². The smallest absolute Gasteiger partial charge is 0.272 e. The van der Waals surface area contributed by atoms with E-state index in [0.29, 0.717) is 17.0 Å². The van der Waals surface area contributed by atoms with Crippen molar-refractivity contribution in [2.45, 2.75) is 6.92 Å². The standard InChI is InChI=1S/C16H15BrN2O2/c1-11(12-7-4-6-10-15(12)21-2)18-19-16(20)13-8-3-5-9-14(13)17/h3-10H,1-2H3,(H,19,20)/b18-11-. The van der Waals surface area contributed by atoms with E-state index in [1.165, 1.54) is 0 Å². The molecule has 4 nitrogen and oxygen atoms in total. The monoisotopic (exact) mass is 346 g/mol. The van der Waals surface area contributed by atoms with Crippen LogP contribution in [0.5, 0.6) is 5.75 Å². The molecule has 2 aromatic rings. The third-order valence-electron chi connectivity index (χ3n) is 2.94. The van der Waals surface area contributed by atoms with Crippen LogP contribution in [0.15, 0.2) is 58.1 Å². The summed E-state index contributed by atoms with van der Waals surface area (Å²) in [6.45, 7) is 1.82. The fourth-order valence-electron chi connectivity index (χ4n) is 1.84. The minimum Gasteiger partial charge on any atom is -0.496 e. The van der Waals surface area contributed by atoms with E-state index in [4.69, 9.17) is 4.74 Å². The molecule has 21 heavy (non-hydrogen) atoms. The lowest BCUT2D eigenvalue weighted by atomic mass is 10.1. The molecule has 0 aliphatic heterocycles. The number of ether oxygens (including phenoxy) is 1. The summed E-state index contributed by atoms with van der Waals surface area (Å²) in [7, 11) is 1.60. The SMILES string of the molecule is COc1ccccc1/C(C)=N\NC(=O)c1ccccc1Br. The highest BCUT2D eigenvalue weighted by molar-refractivity contribution is 9.10. The topological polar surface area (TPSA) is 50.7 Å². The van der Waals surface area contributed by atoms with Crippen LogP contribution in [-0.4, -0.2) is 18.7 Å². The van der Waals surface area contributed by atoms with Crippen LogP contribution >= 0.6 is 15.9 Å². The van der Waals surface area contributed by atoms with Gasteiger partial charge in [-0.2, -0.15) is 5.10 Å². The Balaban J connectivity index is 2.17. The first-order valence-corrected chi connectivity index (χ1v) is 7.15. The number of amides is 1. The highest BCUT2D eigenvalue weighted by atomic mass is 79.9. The van der Waals surface area contributed by atoms with Crippen molar-refractivity contribution in [2.24, 2.45) is 5.10 Å². The Bertz CT molecular complexity index is 683. The normalized spacial score (nSPS) is 11.1. The molecule has 0 bridgehead atoms. The average Bonchev–Trinajstić information content (AvgIpc) is 2.52. The molecule has 0 heterocycles. The highest BCUT2D eigenvalue weighted by Gasteiger charge is 2.09. The lowest BCUT2D eigenvalue weighted by Gasteiger charge is -2.08. The lowest BCUT2D eigenvalue weighted by Crippen LogP contribution is -2.19. The predicted octanol–water partition coefficient (Wildman–Crippen LogP) is 3.61. The van der Waals surface area contributed by atoms with E-state index in [1.807, 2.05) is 43.3 Å². The first kappa shape index (κ1) is 15.3. The maximum atomic E-state index is 12.1. The van der Waals surface area contributed by atoms with E-state index in [2.05, 4.69) is 26.5 Å². The van der Waals surface area contributed by atoms with Gasteiger partial charge in [-0.25, -0.2) is 5.43 Å². The first-order chi connectivity index (χ1) is 10.1. The van der Waals surface area contributed by atoms with Gasteiger partial charge < -0.3 is 4.74 Å². The minimum absolute atomic E-state index is 0.267. The van der Waals surface area contributed by atoms with E-state index in [9.17, 15) is 4.79 Å². The lowest BCUT2D eigenvalue weighted by molar-refractivity contribution is 0.0954. The quantitative estimate of drug-likeness (QED) is 0.679. The molecule has 0 saturated carbocycles. The molecule has 2 rings (SSSR count). The first-order valence-electron chi connectivity index (χ1n) is 6.36. The number of nitrogens with zero attached hydrogens (tertiary/aromatic N) is 1. The molecule has 0 aliphatic carbocycles. The van der Waals surface area contributed by atoms with Gasteiger partial charge in [-0.1, -0.05) is 24.3 Å². The fraction of sp³-hybridized carbons (Fsp3) is 0.125. The number of hydrogen-bond acceptors (Lipinski definition) is 3. The zero-order chi connectivity index (χ0) is 15.2. The Morgan fingerprint density at radius 2 is 1.71 bits per heavy atom. The van der Waals surface area contributed by atoms with Gasteiger partial charge in [0.2, 0.25) is 0 Å². The number of para-hydroxylation sites is 1. The van der Waals surface area contributed by atoms with Gasteiger partial charge in [-0.05, 0) is 47.1 Å². The van der Waals surface area contributed by atoms with E-state index in [-0.39, 0.29) is 5.91 Å². The highest BCUT2D eigenvalue weighted by Crippen LogP contribution is 2.18. The Labute approximate surface area is 132 Å². The molecule has 5 heteroatoms. The molecule has 1 N–H and O–H groups in total. The number of hydrazone groups is 1. The molecule has 1 amide bonds. The van der Waals surface area contributed by atoms with Gasteiger partial charge in [-0.15, -0.1) is 0 Å². The third-order valence-corrected chi connectivity index (χ3v) is 3.63. The van der Waals surface area contributed by atoms with Gasteiger partial charge in [-0.3, -0.25) is 4.79 Å². The molecular weight excluding hydrogens is 332 g/mol. The number of rotatable bonds is 4. The van der Waals surface area contributed by atoms with E-state index < -0.39 is 0 Å². The molecule has 0 unspecified atom stereocenters. The van der Waals surface area contributed by atoms with Crippen LogP contribution in [0.4, 0.5) is 0 Å². The van der Waals surface area contributed by atoms with Gasteiger partial charge in [0, 0.05) is 10.0 Å². The molecule has 0 spiro atoms. The Hall–Kier alpha value is -2.14. The maximum absolute atomic E-state index is 12.1. The predicted molar refractivity (Wildman–Crippen MR) is 86.8 cm³/mol. The fourth-order valence-corrected chi connectivity index (χ4v) is 2.31. The summed E-state index contributed by atoms with van der Waals surface area (Å²) in [6.07, 6.45) is 0. The molecule has 2 aromatic carbocycles. The van der Waals surface area contributed by atoms with E-state index in [1.54, 1.807) is 19.2 Å². The number of carbonyl (C=O) groups excluding carboxylic acids is 1. The second-order valence-corrected chi connectivity index (χ2v) is 5.17. The second-order valence-electron chi connectivity index (χ2n) is 4.32. The van der Waals surface area contributed by atoms with Gasteiger partial charge in [0.25, 0.3) is 5.91 Å². The largest absolute Gasteiger partial charge is 0.496 e. The van der Waals surface area contributed by atoms with Gasteiger partial charge in [0.15, 0.2) is 0 Å². The zero-order valence-electron chi connectivity index (χ0n) is 11.8. The number of hydrogen-bond donors (Lipinski definition) is 1. The van der Waals surface area contributed by atoms with Crippen molar-refractivity contribution in [1.29, 1.82) is 0 Å². The summed E-state index contributed by atoms with van der Waals surface area (Å²) < 4.78 is 6.01. The number of halogens is 1. The van der Waals surface area contributed by atoms with Crippen LogP contribution in [0.2, 0.25) is 0 Å². The minimum atomic E-state index is -0.267. The summed E-state index contributed by atoms with van der Waals surface area (Å²) in [5.74, 6) is 0.450. The van der Waals surface area contributed by atoms with Crippen LogP contribution in [0.3, 0.4) is 0 Å². The Morgan fingerprint density at radius 1 is 1.10 bits per heavy atom. The third kappa shape index (κ3) is 3.70. The molecule has 108 valence electrons. The van der Waals surface area contributed by atoms with Crippen molar-refractivity contribution in [3.8, 4) is 5.75 Å². The summed E-state index contributed by atoms with van der Waals surface area (Å²) in [5.41, 5.74) is 4.60. The number of carbonyl (C=O) groups is 1. The summed E-state index contributed by atoms with van der Waals surface area (Å²) in [5, 5.41) is 4.14. The Kier molecular flexibility index (Phi) is 5.11. The van der Waals surface area contributed by atoms with Crippen LogP contribution < -0.4 is 10.2 Å². The second kappa shape index (κ2) is 7.04. The maximum Gasteiger partial charge on any atom is 0.272 e. The van der Waals surface area contributed by atoms with Crippen molar-refractivity contribution in [2.75, 3.05) is 7.11 Å². The van der Waals surface area contributed by atoms with Crippen LogP contribution in [0.1, 0.15) is 22.8 Å².